The van der Waals surface area contributed by atoms with Crippen LogP contribution in [0.1, 0.15) is 43.7 Å². The summed E-state index contributed by atoms with van der Waals surface area (Å²) in [6.45, 7) is 1.68. The van der Waals surface area contributed by atoms with E-state index < -0.39 is 65.1 Å². The second kappa shape index (κ2) is 11.0. The van der Waals surface area contributed by atoms with Crippen LogP contribution in [0, 0.1) is 23.5 Å². The minimum Gasteiger partial charge on any atom is -0.497 e. The number of benzene rings is 3. The molecule has 7 nitrogen and oxygen atoms in total. The van der Waals surface area contributed by atoms with Crippen LogP contribution in [0.2, 0.25) is 5.02 Å². The fourth-order valence-corrected chi connectivity index (χ4v) is 12.2. The van der Waals surface area contributed by atoms with Crippen molar-refractivity contribution in [1.82, 2.24) is 4.31 Å². The van der Waals surface area contributed by atoms with Gasteiger partial charge in [0.25, 0.3) is 0 Å². The molecule has 0 radical (unpaired) electrons. The lowest BCUT2D eigenvalue weighted by molar-refractivity contribution is 0.0146. The van der Waals surface area contributed by atoms with Gasteiger partial charge in [0.2, 0.25) is 10.0 Å². The van der Waals surface area contributed by atoms with Gasteiger partial charge in [-0.05, 0) is 85.7 Å². The second-order valence-electron chi connectivity index (χ2n) is 11.5. The molecule has 0 bridgehead atoms. The van der Waals surface area contributed by atoms with Crippen molar-refractivity contribution in [3.63, 3.8) is 0 Å². The highest BCUT2D eigenvalue weighted by Gasteiger charge is 2.65. The number of sulfone groups is 1. The zero-order valence-electron chi connectivity index (χ0n) is 23.7. The van der Waals surface area contributed by atoms with Gasteiger partial charge in [0, 0.05) is 23.5 Å². The molecule has 6 rings (SSSR count). The molecule has 1 unspecified atom stereocenters. The van der Waals surface area contributed by atoms with Gasteiger partial charge in [0.15, 0.2) is 21.4 Å². The van der Waals surface area contributed by atoms with Crippen LogP contribution in [-0.4, -0.2) is 46.1 Å². The third-order valence-electron chi connectivity index (χ3n) is 9.52. The summed E-state index contributed by atoms with van der Waals surface area (Å²) >= 11 is 6.07. The van der Waals surface area contributed by atoms with Gasteiger partial charge in [0.1, 0.15) is 16.3 Å². The standard InChI is InChI=1S/C31H32ClF2NO6S2/c1-3-22-16-24-25-18-41-30-27(34)13-12-26(33)29(30)31(25,42(36,37)23-10-6-20(32)7-11-23)15-14-28(24)35(43(22,38)39)17-19-4-8-21(40-2)9-5-19/h4-13,22,24-25,28H,3,14-18H2,1-2H3/t22-,24-,25-,28+,31?/m1/s1. The molecular weight excluding hydrogens is 620 g/mol. The van der Waals surface area contributed by atoms with E-state index in [9.17, 15) is 16.8 Å². The van der Waals surface area contributed by atoms with Gasteiger partial charge in [-0.25, -0.2) is 25.6 Å². The van der Waals surface area contributed by atoms with E-state index >= 15 is 8.78 Å². The first-order chi connectivity index (χ1) is 20.4. The number of hydrogen-bond donors (Lipinski definition) is 0. The number of methoxy groups -OCH3 is 1. The first-order valence-electron chi connectivity index (χ1n) is 14.2. The predicted molar refractivity (Wildman–Crippen MR) is 158 cm³/mol. The molecule has 43 heavy (non-hydrogen) atoms. The molecule has 1 saturated carbocycles. The zero-order chi connectivity index (χ0) is 30.7. The van der Waals surface area contributed by atoms with Gasteiger partial charge < -0.3 is 9.47 Å². The van der Waals surface area contributed by atoms with Crippen molar-refractivity contribution in [1.29, 1.82) is 0 Å². The van der Waals surface area contributed by atoms with E-state index in [2.05, 4.69) is 0 Å². The van der Waals surface area contributed by atoms with Crippen molar-refractivity contribution in [2.45, 2.75) is 60.1 Å². The van der Waals surface area contributed by atoms with Crippen LogP contribution < -0.4 is 9.47 Å². The van der Waals surface area contributed by atoms with Crippen LogP contribution in [0.5, 0.6) is 11.5 Å². The Kier molecular flexibility index (Phi) is 7.76. The Morgan fingerprint density at radius 1 is 1.05 bits per heavy atom. The van der Waals surface area contributed by atoms with E-state index in [1.165, 1.54) is 28.6 Å². The van der Waals surface area contributed by atoms with Crippen LogP contribution >= 0.6 is 11.6 Å². The summed E-state index contributed by atoms with van der Waals surface area (Å²) in [5, 5.41) is -0.446. The third kappa shape index (κ3) is 4.65. The summed E-state index contributed by atoms with van der Waals surface area (Å²) in [6, 6.07) is 14.1. The van der Waals surface area contributed by atoms with E-state index in [1.54, 1.807) is 38.3 Å². The molecule has 2 aliphatic heterocycles. The molecule has 0 aromatic heterocycles. The normalized spacial score (nSPS) is 28.2. The Hall–Kier alpha value is -2.73. The van der Waals surface area contributed by atoms with Crippen molar-refractivity contribution in [3.8, 4) is 11.5 Å². The van der Waals surface area contributed by atoms with E-state index in [4.69, 9.17) is 21.1 Å². The van der Waals surface area contributed by atoms with Gasteiger partial charge in [-0.15, -0.1) is 0 Å². The molecule has 0 spiro atoms. The molecule has 0 N–H and O–H groups in total. The molecule has 1 saturated heterocycles. The number of rotatable bonds is 6. The average molecular weight is 652 g/mol. The maximum atomic E-state index is 15.8. The molecule has 5 atom stereocenters. The van der Waals surface area contributed by atoms with Gasteiger partial charge in [-0.3, -0.25) is 0 Å². The maximum Gasteiger partial charge on any atom is 0.217 e. The van der Waals surface area contributed by atoms with E-state index in [-0.39, 0.29) is 42.9 Å². The monoisotopic (exact) mass is 651 g/mol. The number of ether oxygens (including phenoxy) is 2. The van der Waals surface area contributed by atoms with Crippen molar-refractivity contribution in [2.24, 2.45) is 11.8 Å². The molecule has 12 heteroatoms. The average Bonchev–Trinajstić information content (AvgIpc) is 2.99. The maximum absolute atomic E-state index is 15.8. The Bertz CT molecular complexity index is 1750. The molecule has 2 fully saturated rings. The molecular formula is C31H32ClF2NO6S2. The zero-order valence-corrected chi connectivity index (χ0v) is 26.1. The summed E-state index contributed by atoms with van der Waals surface area (Å²) < 4.78 is 99.0. The molecule has 0 amide bonds. The lowest BCUT2D eigenvalue weighted by Crippen LogP contribution is -2.64. The number of fused-ring (bicyclic) bond motifs is 5. The smallest absolute Gasteiger partial charge is 0.217 e. The molecule has 230 valence electrons. The minimum atomic E-state index is -4.37. The van der Waals surface area contributed by atoms with Gasteiger partial charge in [-0.1, -0.05) is 30.7 Å². The summed E-state index contributed by atoms with van der Waals surface area (Å²) in [4.78, 5) is -0.0672. The lowest BCUT2D eigenvalue weighted by atomic mass is 9.64. The highest BCUT2D eigenvalue weighted by atomic mass is 35.5. The molecule has 3 aromatic carbocycles. The summed E-state index contributed by atoms with van der Waals surface area (Å²) in [6.07, 6.45) is 0.511. The van der Waals surface area contributed by atoms with Crippen LogP contribution in [0.15, 0.2) is 65.6 Å². The number of sulfonamides is 1. The first-order valence-corrected chi connectivity index (χ1v) is 17.6. The van der Waals surface area contributed by atoms with Crippen LogP contribution in [0.3, 0.4) is 0 Å². The molecule has 3 aromatic rings. The van der Waals surface area contributed by atoms with E-state index in [1.807, 2.05) is 0 Å². The Labute approximate surface area is 255 Å². The summed E-state index contributed by atoms with van der Waals surface area (Å²) in [5.41, 5.74) is 0.434. The topological polar surface area (TPSA) is 90.0 Å². The highest BCUT2D eigenvalue weighted by molar-refractivity contribution is 7.92. The lowest BCUT2D eigenvalue weighted by Gasteiger charge is -2.57. The predicted octanol–water partition coefficient (Wildman–Crippen LogP) is 6.10. The number of nitrogens with zero attached hydrogens (tertiary/aromatic N) is 1. The summed E-state index contributed by atoms with van der Waals surface area (Å²) in [7, 11) is -6.58. The number of halogens is 3. The first kappa shape index (κ1) is 30.3. The third-order valence-corrected chi connectivity index (χ3v) is 14.8. The van der Waals surface area contributed by atoms with Crippen LogP contribution in [0.25, 0.3) is 0 Å². The van der Waals surface area contributed by atoms with Crippen molar-refractivity contribution in [2.75, 3.05) is 13.7 Å². The molecule has 3 aliphatic rings. The molecule has 2 heterocycles. The quantitative estimate of drug-likeness (QED) is 0.320. The van der Waals surface area contributed by atoms with E-state index in [0.29, 0.717) is 17.2 Å². The van der Waals surface area contributed by atoms with Gasteiger partial charge in [0.05, 0.1) is 29.4 Å². The Morgan fingerprint density at radius 3 is 2.37 bits per heavy atom. The minimum absolute atomic E-state index is 0.0672. The van der Waals surface area contributed by atoms with Crippen LogP contribution in [-0.2, 0) is 31.2 Å². The van der Waals surface area contributed by atoms with Crippen molar-refractivity contribution in [3.05, 3.63) is 88.4 Å². The number of hydrogen-bond acceptors (Lipinski definition) is 6. The van der Waals surface area contributed by atoms with Crippen molar-refractivity contribution >= 4 is 31.5 Å². The second-order valence-corrected chi connectivity index (χ2v) is 16.3. The summed E-state index contributed by atoms with van der Waals surface area (Å²) in [5.74, 6) is -2.84. The van der Waals surface area contributed by atoms with Crippen molar-refractivity contribution < 1.29 is 35.1 Å². The highest BCUT2D eigenvalue weighted by Crippen LogP contribution is 2.60. The Morgan fingerprint density at radius 2 is 1.72 bits per heavy atom. The fourth-order valence-electron chi connectivity index (χ4n) is 7.46. The van der Waals surface area contributed by atoms with E-state index in [0.717, 1.165) is 17.7 Å². The SMILES string of the molecule is CC[C@@H]1C[C@@H]2[C@H]3COc4c(F)ccc(F)c4C3(S(=O)(=O)c3ccc(Cl)cc3)CC[C@@H]2N(Cc2ccc(OC)cc2)S1(=O)=O. The van der Waals surface area contributed by atoms with Gasteiger partial charge >= 0.3 is 0 Å². The molecule has 1 aliphatic carbocycles. The Balaban J connectivity index is 1.52. The van der Waals surface area contributed by atoms with Gasteiger partial charge in [-0.2, -0.15) is 4.31 Å². The fraction of sp³-hybridized carbons (Fsp3) is 0.419. The van der Waals surface area contributed by atoms with Crippen LogP contribution in [0.4, 0.5) is 8.78 Å². The largest absolute Gasteiger partial charge is 0.497 e.